The summed E-state index contributed by atoms with van der Waals surface area (Å²) in [5.74, 6) is -0.108. The minimum Gasteiger partial charge on any atom is -0.348 e. The number of rotatable bonds is 4. The van der Waals surface area contributed by atoms with E-state index < -0.39 is 0 Å². The molecule has 2 aromatic carbocycles. The van der Waals surface area contributed by atoms with Crippen LogP contribution in [-0.2, 0) is 6.54 Å². The summed E-state index contributed by atoms with van der Waals surface area (Å²) in [6, 6.07) is 19.8. The topological polar surface area (TPSA) is 54.9 Å². The zero-order valence-electron chi connectivity index (χ0n) is 15.9. The zero-order chi connectivity index (χ0) is 19.5. The average Bonchev–Trinajstić information content (AvgIpc) is 2.73. The van der Waals surface area contributed by atoms with Crippen molar-refractivity contribution in [3.05, 3.63) is 95.3 Å². The van der Waals surface area contributed by atoms with Crippen LogP contribution in [0.25, 0.3) is 22.2 Å². The van der Waals surface area contributed by atoms with Gasteiger partial charge < -0.3 is 5.32 Å². The Labute approximate surface area is 164 Å². The van der Waals surface area contributed by atoms with Crippen molar-refractivity contribution >= 4 is 16.8 Å². The van der Waals surface area contributed by atoms with E-state index in [-0.39, 0.29) is 5.91 Å². The van der Waals surface area contributed by atoms with Gasteiger partial charge >= 0.3 is 0 Å². The van der Waals surface area contributed by atoms with Crippen LogP contribution < -0.4 is 5.32 Å². The Morgan fingerprint density at radius 2 is 1.75 bits per heavy atom. The van der Waals surface area contributed by atoms with E-state index in [4.69, 9.17) is 4.98 Å². The third-order valence-electron chi connectivity index (χ3n) is 4.74. The second kappa shape index (κ2) is 7.61. The second-order valence-electron chi connectivity index (χ2n) is 6.99. The fourth-order valence-electron chi connectivity index (χ4n) is 3.17. The predicted molar refractivity (Wildman–Crippen MR) is 112 cm³/mol. The first-order valence-corrected chi connectivity index (χ1v) is 9.26. The normalized spacial score (nSPS) is 10.8. The molecule has 0 aliphatic heterocycles. The van der Waals surface area contributed by atoms with Crippen molar-refractivity contribution in [3.63, 3.8) is 0 Å². The second-order valence-corrected chi connectivity index (χ2v) is 6.99. The first-order valence-electron chi connectivity index (χ1n) is 9.26. The number of aryl methyl sites for hydroxylation is 2. The summed E-state index contributed by atoms with van der Waals surface area (Å²) in [5, 5.41) is 3.90. The third-order valence-corrected chi connectivity index (χ3v) is 4.74. The molecule has 2 aromatic heterocycles. The summed E-state index contributed by atoms with van der Waals surface area (Å²) in [7, 11) is 0. The lowest BCUT2D eigenvalue weighted by Crippen LogP contribution is -2.23. The van der Waals surface area contributed by atoms with Crippen molar-refractivity contribution in [3.8, 4) is 11.3 Å². The summed E-state index contributed by atoms with van der Waals surface area (Å²) in [4.78, 5) is 21.9. The molecule has 0 aliphatic rings. The minimum absolute atomic E-state index is 0.108. The van der Waals surface area contributed by atoms with Crippen molar-refractivity contribution in [1.29, 1.82) is 0 Å². The van der Waals surface area contributed by atoms with Crippen molar-refractivity contribution < 1.29 is 4.79 Å². The van der Waals surface area contributed by atoms with E-state index in [1.54, 1.807) is 12.4 Å². The Morgan fingerprint density at radius 1 is 0.964 bits per heavy atom. The van der Waals surface area contributed by atoms with Crippen LogP contribution >= 0.6 is 0 Å². The zero-order valence-corrected chi connectivity index (χ0v) is 15.9. The van der Waals surface area contributed by atoms with Crippen molar-refractivity contribution in [2.45, 2.75) is 20.4 Å². The Balaban J connectivity index is 1.72. The van der Waals surface area contributed by atoms with Crippen LogP contribution in [0.5, 0.6) is 0 Å². The van der Waals surface area contributed by atoms with Gasteiger partial charge in [-0.15, -0.1) is 0 Å². The molecular weight excluding hydrogens is 346 g/mol. The van der Waals surface area contributed by atoms with Crippen molar-refractivity contribution in [1.82, 2.24) is 15.3 Å². The Bertz CT molecular complexity index is 1140. The van der Waals surface area contributed by atoms with Crippen LogP contribution in [0, 0.1) is 13.8 Å². The van der Waals surface area contributed by atoms with E-state index in [1.807, 2.05) is 74.5 Å². The Kier molecular flexibility index (Phi) is 4.85. The molecule has 0 bridgehead atoms. The van der Waals surface area contributed by atoms with Gasteiger partial charge in [-0.3, -0.25) is 9.78 Å². The molecule has 4 rings (SSSR count). The lowest BCUT2D eigenvalue weighted by atomic mass is 10.0. The predicted octanol–water partition coefficient (Wildman–Crippen LogP) is 4.84. The molecule has 0 saturated carbocycles. The largest absolute Gasteiger partial charge is 0.348 e. The molecule has 4 aromatic rings. The number of nitrogens with one attached hydrogen (secondary N) is 1. The molecule has 2 heterocycles. The minimum atomic E-state index is -0.108. The lowest BCUT2D eigenvalue weighted by Gasteiger charge is -2.11. The summed E-state index contributed by atoms with van der Waals surface area (Å²) in [6.07, 6.45) is 3.49. The molecular formula is C24H21N3O. The summed E-state index contributed by atoms with van der Waals surface area (Å²) in [5.41, 5.74) is 6.42. The van der Waals surface area contributed by atoms with Gasteiger partial charge in [0.2, 0.25) is 0 Å². The molecule has 0 unspecified atom stereocenters. The average molecular weight is 367 g/mol. The van der Waals surface area contributed by atoms with Gasteiger partial charge in [0.1, 0.15) is 0 Å². The number of hydrogen-bond donors (Lipinski definition) is 1. The first-order chi connectivity index (χ1) is 13.6. The SMILES string of the molecule is Cc1ccc(CNC(=O)c2cc(-c3cccnc3)nc3ccc(C)cc23)cc1. The molecule has 0 spiro atoms. The molecule has 0 aliphatic carbocycles. The quantitative estimate of drug-likeness (QED) is 0.561. The molecule has 0 fully saturated rings. The van der Waals surface area contributed by atoms with Gasteiger partial charge in [-0.1, -0.05) is 41.5 Å². The van der Waals surface area contributed by atoms with Gasteiger partial charge in [0.25, 0.3) is 5.91 Å². The van der Waals surface area contributed by atoms with Gasteiger partial charge in [-0.05, 0) is 49.7 Å². The summed E-state index contributed by atoms with van der Waals surface area (Å²) >= 11 is 0. The molecule has 1 amide bonds. The van der Waals surface area contributed by atoms with E-state index in [0.29, 0.717) is 12.1 Å². The maximum Gasteiger partial charge on any atom is 0.252 e. The number of hydrogen-bond acceptors (Lipinski definition) is 3. The van der Waals surface area contributed by atoms with E-state index in [0.717, 1.165) is 33.3 Å². The highest BCUT2D eigenvalue weighted by molar-refractivity contribution is 6.07. The van der Waals surface area contributed by atoms with Gasteiger partial charge in [-0.2, -0.15) is 0 Å². The van der Waals surface area contributed by atoms with Gasteiger partial charge in [-0.25, -0.2) is 4.98 Å². The lowest BCUT2D eigenvalue weighted by molar-refractivity contribution is 0.0952. The van der Waals surface area contributed by atoms with Gasteiger partial charge in [0, 0.05) is 29.9 Å². The van der Waals surface area contributed by atoms with E-state index >= 15 is 0 Å². The van der Waals surface area contributed by atoms with Crippen LogP contribution in [0.3, 0.4) is 0 Å². The molecule has 0 atom stereocenters. The van der Waals surface area contributed by atoms with Crippen LogP contribution in [0.15, 0.2) is 73.1 Å². The highest BCUT2D eigenvalue weighted by Crippen LogP contribution is 2.25. The third kappa shape index (κ3) is 3.76. The number of benzene rings is 2. The van der Waals surface area contributed by atoms with Crippen molar-refractivity contribution in [2.75, 3.05) is 0 Å². The van der Waals surface area contributed by atoms with E-state index in [9.17, 15) is 4.79 Å². The fourth-order valence-corrected chi connectivity index (χ4v) is 3.17. The number of pyridine rings is 2. The molecule has 4 nitrogen and oxygen atoms in total. The van der Waals surface area contributed by atoms with Crippen molar-refractivity contribution in [2.24, 2.45) is 0 Å². The van der Waals surface area contributed by atoms with Crippen LogP contribution in [0.1, 0.15) is 27.0 Å². The van der Waals surface area contributed by atoms with Crippen LogP contribution in [0.2, 0.25) is 0 Å². The van der Waals surface area contributed by atoms with Crippen LogP contribution in [0.4, 0.5) is 0 Å². The standard InChI is InChI=1S/C24H21N3O/c1-16-5-8-18(9-6-16)14-26-24(28)21-13-23(19-4-3-11-25-15-19)27-22-10-7-17(2)12-20(21)22/h3-13,15H,14H2,1-2H3,(H,26,28). The highest BCUT2D eigenvalue weighted by Gasteiger charge is 2.14. The molecule has 1 N–H and O–H groups in total. The number of carbonyl (C=O) groups excluding carboxylic acids is 1. The monoisotopic (exact) mass is 367 g/mol. The van der Waals surface area contributed by atoms with E-state index in [2.05, 4.69) is 10.3 Å². The number of amides is 1. The fraction of sp³-hybridized carbons (Fsp3) is 0.125. The molecule has 138 valence electrons. The maximum atomic E-state index is 13.0. The van der Waals surface area contributed by atoms with Gasteiger partial charge in [0.15, 0.2) is 0 Å². The Morgan fingerprint density at radius 3 is 2.50 bits per heavy atom. The summed E-state index contributed by atoms with van der Waals surface area (Å²) < 4.78 is 0. The summed E-state index contributed by atoms with van der Waals surface area (Å²) in [6.45, 7) is 4.55. The van der Waals surface area contributed by atoms with E-state index in [1.165, 1.54) is 5.56 Å². The first kappa shape index (κ1) is 17.9. The van der Waals surface area contributed by atoms with Crippen LogP contribution in [-0.4, -0.2) is 15.9 Å². The molecule has 28 heavy (non-hydrogen) atoms. The molecule has 4 heteroatoms. The number of aromatic nitrogens is 2. The number of nitrogens with zero attached hydrogens (tertiary/aromatic N) is 2. The number of carbonyl (C=O) groups is 1. The molecule has 0 saturated heterocycles. The van der Waals surface area contributed by atoms with Gasteiger partial charge in [0.05, 0.1) is 16.8 Å². The highest BCUT2D eigenvalue weighted by atomic mass is 16.1. The molecule has 0 radical (unpaired) electrons. The smallest absolute Gasteiger partial charge is 0.252 e. The maximum absolute atomic E-state index is 13.0. The number of fused-ring (bicyclic) bond motifs is 1. The Hall–Kier alpha value is -3.53.